The zero-order valence-corrected chi connectivity index (χ0v) is 10.5. The molecule has 0 aliphatic carbocycles. The van der Waals surface area contributed by atoms with Gasteiger partial charge in [0.15, 0.2) is 0 Å². The topological polar surface area (TPSA) is 46.5 Å². The van der Waals surface area contributed by atoms with Crippen molar-refractivity contribution in [3.05, 3.63) is 0 Å². The predicted molar refractivity (Wildman–Crippen MR) is 60.2 cm³/mol. The van der Waals surface area contributed by atoms with E-state index >= 15 is 0 Å². The molecule has 0 unspecified atom stereocenters. The van der Waals surface area contributed by atoms with E-state index in [2.05, 4.69) is 6.92 Å². The highest BCUT2D eigenvalue weighted by Crippen LogP contribution is 2.17. The lowest BCUT2D eigenvalue weighted by Gasteiger charge is -2.20. The summed E-state index contributed by atoms with van der Waals surface area (Å²) in [6, 6.07) is 0.947. The van der Waals surface area contributed by atoms with Gasteiger partial charge in [-0.2, -0.15) is 0 Å². The van der Waals surface area contributed by atoms with E-state index in [0.717, 1.165) is 12.5 Å². The van der Waals surface area contributed by atoms with Crippen molar-refractivity contribution in [3.63, 3.8) is 0 Å². The van der Waals surface area contributed by atoms with Gasteiger partial charge in [-0.3, -0.25) is 0 Å². The molecular formula is C10H22O3Si. The van der Waals surface area contributed by atoms with Gasteiger partial charge < -0.3 is 9.53 Å². The highest BCUT2D eigenvalue weighted by molar-refractivity contribution is 6.72. The van der Waals surface area contributed by atoms with Gasteiger partial charge in [0.2, 0.25) is 0 Å². The monoisotopic (exact) mass is 218 g/mol. The van der Waals surface area contributed by atoms with Crippen molar-refractivity contribution < 1.29 is 14.3 Å². The molecule has 0 amide bonds. The molecule has 0 heterocycles. The van der Waals surface area contributed by atoms with Gasteiger partial charge in [-0.15, -0.1) is 0 Å². The molecule has 3 nitrogen and oxygen atoms in total. The first-order chi connectivity index (χ1) is 6.48. The van der Waals surface area contributed by atoms with Crippen LogP contribution in [-0.4, -0.2) is 19.6 Å². The summed E-state index contributed by atoms with van der Waals surface area (Å²) in [7, 11) is -1.93. The largest absolute Gasteiger partial charge is 0.491 e. The third-order valence-corrected chi connectivity index (χ3v) is 4.53. The first kappa shape index (κ1) is 13.5. The first-order valence-corrected chi connectivity index (χ1v) is 8.51. The molecule has 1 N–H and O–H groups in total. The van der Waals surface area contributed by atoms with Crippen LogP contribution in [0.25, 0.3) is 0 Å². The Morgan fingerprint density at radius 3 is 2.29 bits per heavy atom. The number of hydrogen-bond acceptors (Lipinski definition) is 2. The molecule has 0 aliphatic rings. The van der Waals surface area contributed by atoms with E-state index in [0.29, 0.717) is 0 Å². The van der Waals surface area contributed by atoms with Crippen LogP contribution < -0.4 is 0 Å². The smallest absolute Gasteiger partial charge is 0.490 e. The van der Waals surface area contributed by atoms with Gasteiger partial charge in [-0.1, -0.05) is 39.0 Å². The maximum atomic E-state index is 10.4. The molecule has 0 bridgehead atoms. The fourth-order valence-corrected chi connectivity index (χ4v) is 3.12. The molecule has 4 heteroatoms. The highest BCUT2D eigenvalue weighted by Gasteiger charge is 2.25. The summed E-state index contributed by atoms with van der Waals surface area (Å²) in [5, 5.41) is 8.50. The molecule has 0 atom stereocenters. The van der Waals surface area contributed by atoms with Gasteiger partial charge >= 0.3 is 6.16 Å². The molecule has 0 aromatic rings. The SMILES string of the molecule is CCCCCCC[Si](C)(C)OC(=O)O. The predicted octanol–water partition coefficient (Wildman–Crippen LogP) is 3.86. The summed E-state index contributed by atoms with van der Waals surface area (Å²) in [4.78, 5) is 10.4. The number of carboxylic acid groups (broad SMARTS) is 1. The lowest BCUT2D eigenvalue weighted by molar-refractivity contribution is 0.141. The van der Waals surface area contributed by atoms with Gasteiger partial charge in [0.25, 0.3) is 8.32 Å². The lowest BCUT2D eigenvalue weighted by Crippen LogP contribution is -2.32. The average Bonchev–Trinajstić information content (AvgIpc) is 2.01. The van der Waals surface area contributed by atoms with Gasteiger partial charge in [0.1, 0.15) is 0 Å². The normalized spacial score (nSPS) is 11.4. The van der Waals surface area contributed by atoms with E-state index in [-0.39, 0.29) is 0 Å². The van der Waals surface area contributed by atoms with Crippen LogP contribution >= 0.6 is 0 Å². The van der Waals surface area contributed by atoms with Crippen LogP contribution in [-0.2, 0) is 4.43 Å². The number of carbonyl (C=O) groups is 1. The Kier molecular flexibility index (Phi) is 6.62. The summed E-state index contributed by atoms with van der Waals surface area (Å²) in [6.45, 7) is 6.11. The van der Waals surface area contributed by atoms with Crippen LogP contribution in [0.2, 0.25) is 19.1 Å². The van der Waals surface area contributed by atoms with Gasteiger partial charge in [-0.05, 0) is 19.1 Å². The van der Waals surface area contributed by atoms with Crippen LogP contribution in [0.4, 0.5) is 4.79 Å². The molecule has 0 saturated carbocycles. The van der Waals surface area contributed by atoms with Crippen LogP contribution in [0.3, 0.4) is 0 Å². The Labute approximate surface area is 87.6 Å². The third kappa shape index (κ3) is 8.10. The average molecular weight is 218 g/mol. The maximum absolute atomic E-state index is 10.4. The first-order valence-electron chi connectivity index (χ1n) is 5.40. The maximum Gasteiger partial charge on any atom is 0.491 e. The summed E-state index contributed by atoms with van der Waals surface area (Å²) < 4.78 is 4.90. The second-order valence-electron chi connectivity index (χ2n) is 4.29. The second kappa shape index (κ2) is 6.87. The van der Waals surface area contributed by atoms with Crippen molar-refractivity contribution in [2.45, 2.75) is 58.2 Å². The lowest BCUT2D eigenvalue weighted by atomic mass is 10.2. The van der Waals surface area contributed by atoms with Crippen molar-refractivity contribution in [1.29, 1.82) is 0 Å². The molecule has 0 aromatic carbocycles. The molecular weight excluding hydrogens is 196 g/mol. The Morgan fingerprint density at radius 1 is 1.21 bits per heavy atom. The Morgan fingerprint density at radius 2 is 1.79 bits per heavy atom. The fraction of sp³-hybridized carbons (Fsp3) is 0.900. The molecule has 0 fully saturated rings. The molecule has 0 aromatic heterocycles. The highest BCUT2D eigenvalue weighted by atomic mass is 28.4. The molecule has 0 spiro atoms. The van der Waals surface area contributed by atoms with E-state index < -0.39 is 14.5 Å². The van der Waals surface area contributed by atoms with E-state index in [4.69, 9.17) is 9.53 Å². The van der Waals surface area contributed by atoms with E-state index in [1.807, 2.05) is 13.1 Å². The molecule has 84 valence electrons. The summed E-state index contributed by atoms with van der Waals surface area (Å²) in [5.74, 6) is 0. The van der Waals surface area contributed by atoms with Crippen molar-refractivity contribution in [1.82, 2.24) is 0 Å². The molecule has 0 rings (SSSR count). The summed E-state index contributed by atoms with van der Waals surface area (Å²) in [5.41, 5.74) is 0. The van der Waals surface area contributed by atoms with E-state index in [1.54, 1.807) is 0 Å². The number of hydrogen-bond donors (Lipinski definition) is 1. The Bertz CT molecular complexity index is 169. The van der Waals surface area contributed by atoms with Crippen LogP contribution in [0.1, 0.15) is 39.0 Å². The Balaban J connectivity index is 3.50. The minimum Gasteiger partial charge on any atom is -0.490 e. The Hall–Kier alpha value is -0.513. The standard InChI is InChI=1S/C10H22O3Si/c1-4-5-6-7-8-9-14(2,3)13-10(11)12/h4-9H2,1-3H3,(H,11,12). The summed E-state index contributed by atoms with van der Waals surface area (Å²) >= 11 is 0. The quantitative estimate of drug-likeness (QED) is 0.521. The minimum atomic E-state index is -1.93. The third-order valence-electron chi connectivity index (χ3n) is 2.25. The molecule has 0 saturated heterocycles. The molecule has 0 radical (unpaired) electrons. The van der Waals surface area contributed by atoms with Crippen molar-refractivity contribution >= 4 is 14.5 Å². The van der Waals surface area contributed by atoms with E-state index in [1.165, 1.54) is 25.7 Å². The van der Waals surface area contributed by atoms with Crippen molar-refractivity contribution in [2.75, 3.05) is 0 Å². The van der Waals surface area contributed by atoms with E-state index in [9.17, 15) is 4.79 Å². The van der Waals surface area contributed by atoms with Crippen LogP contribution in [0, 0.1) is 0 Å². The second-order valence-corrected chi connectivity index (χ2v) is 8.52. The fourth-order valence-electron chi connectivity index (χ4n) is 1.44. The summed E-state index contributed by atoms with van der Waals surface area (Å²) in [6.07, 6.45) is 4.97. The van der Waals surface area contributed by atoms with Crippen LogP contribution in [0.15, 0.2) is 0 Å². The van der Waals surface area contributed by atoms with Gasteiger partial charge in [0.05, 0.1) is 0 Å². The van der Waals surface area contributed by atoms with Crippen LogP contribution in [0.5, 0.6) is 0 Å². The van der Waals surface area contributed by atoms with Gasteiger partial charge in [-0.25, -0.2) is 4.79 Å². The molecule has 0 aliphatic heterocycles. The molecule has 14 heavy (non-hydrogen) atoms. The minimum absolute atomic E-state index is 0.947. The zero-order valence-electron chi connectivity index (χ0n) is 9.51. The number of rotatable bonds is 7. The zero-order chi connectivity index (χ0) is 11.0. The van der Waals surface area contributed by atoms with Crippen molar-refractivity contribution in [2.24, 2.45) is 0 Å². The van der Waals surface area contributed by atoms with Crippen molar-refractivity contribution in [3.8, 4) is 0 Å². The number of unbranched alkanes of at least 4 members (excludes halogenated alkanes) is 4. The van der Waals surface area contributed by atoms with Gasteiger partial charge in [0, 0.05) is 0 Å².